The van der Waals surface area contributed by atoms with Crippen LogP contribution >= 0.6 is 15.6 Å². The van der Waals surface area contributed by atoms with E-state index in [-0.39, 0.29) is 25.7 Å². The summed E-state index contributed by atoms with van der Waals surface area (Å²) in [5, 5.41) is 10.6. The third-order valence-electron chi connectivity index (χ3n) is 17.2. The van der Waals surface area contributed by atoms with Crippen molar-refractivity contribution in [3.05, 3.63) is 0 Å². The van der Waals surface area contributed by atoms with E-state index < -0.39 is 97.5 Å². The van der Waals surface area contributed by atoms with E-state index in [2.05, 4.69) is 48.5 Å². The number of esters is 4. The first-order chi connectivity index (χ1) is 44.3. The molecule has 0 aliphatic heterocycles. The minimum Gasteiger partial charge on any atom is -0.462 e. The summed E-state index contributed by atoms with van der Waals surface area (Å²) < 4.78 is 68.4. The van der Waals surface area contributed by atoms with Gasteiger partial charge in [0.25, 0.3) is 0 Å². The number of ether oxygens (including phenoxy) is 4. The van der Waals surface area contributed by atoms with E-state index in [1.165, 1.54) is 173 Å². The lowest BCUT2D eigenvalue weighted by molar-refractivity contribution is -0.161. The van der Waals surface area contributed by atoms with Crippen LogP contribution in [-0.4, -0.2) is 96.7 Å². The van der Waals surface area contributed by atoms with Crippen LogP contribution in [0.3, 0.4) is 0 Å². The molecule has 19 heteroatoms. The summed E-state index contributed by atoms with van der Waals surface area (Å²) in [6.45, 7) is 11.8. The van der Waals surface area contributed by atoms with Crippen molar-refractivity contribution in [2.24, 2.45) is 17.8 Å². The molecule has 0 radical (unpaired) electrons. The summed E-state index contributed by atoms with van der Waals surface area (Å²) in [5.41, 5.74) is 0. The average Bonchev–Trinajstić information content (AvgIpc) is 1.61. The lowest BCUT2D eigenvalue weighted by Crippen LogP contribution is -2.30. The molecule has 0 aromatic rings. The van der Waals surface area contributed by atoms with Crippen LogP contribution in [-0.2, 0) is 65.4 Å². The Kier molecular flexibility index (Phi) is 62.4. The van der Waals surface area contributed by atoms with Crippen molar-refractivity contribution >= 4 is 39.5 Å². The highest BCUT2D eigenvalue weighted by Gasteiger charge is 2.30. The van der Waals surface area contributed by atoms with Gasteiger partial charge < -0.3 is 33.8 Å². The Morgan fingerprint density at radius 2 is 0.554 bits per heavy atom. The van der Waals surface area contributed by atoms with Gasteiger partial charge >= 0.3 is 39.5 Å². The van der Waals surface area contributed by atoms with Gasteiger partial charge in [0.2, 0.25) is 0 Å². The Labute approximate surface area is 562 Å². The van der Waals surface area contributed by atoms with E-state index in [9.17, 15) is 43.2 Å². The van der Waals surface area contributed by atoms with Gasteiger partial charge in [0, 0.05) is 25.7 Å². The predicted molar refractivity (Wildman–Crippen MR) is 372 cm³/mol. The van der Waals surface area contributed by atoms with Crippen LogP contribution in [0.2, 0.25) is 0 Å². The van der Waals surface area contributed by atoms with E-state index in [4.69, 9.17) is 37.0 Å². The van der Waals surface area contributed by atoms with Crippen LogP contribution < -0.4 is 0 Å². The number of aliphatic hydroxyl groups is 1. The summed E-state index contributed by atoms with van der Waals surface area (Å²) in [6, 6.07) is 0. The van der Waals surface area contributed by atoms with Crippen molar-refractivity contribution in [1.29, 1.82) is 0 Å². The number of phosphoric acid groups is 2. The molecule has 92 heavy (non-hydrogen) atoms. The number of hydrogen-bond acceptors (Lipinski definition) is 15. The maximum Gasteiger partial charge on any atom is 0.472 e. The molecule has 0 fully saturated rings. The van der Waals surface area contributed by atoms with Crippen LogP contribution in [0.4, 0.5) is 0 Å². The number of unbranched alkanes of at least 4 members (excludes halogenated alkanes) is 38. The highest BCUT2D eigenvalue weighted by atomic mass is 31.2. The first-order valence-electron chi connectivity index (χ1n) is 37.9. The molecule has 0 aromatic heterocycles. The minimum absolute atomic E-state index is 0.104. The normalized spacial score (nSPS) is 14.4. The second-order valence-corrected chi connectivity index (χ2v) is 30.4. The number of hydrogen-bond donors (Lipinski definition) is 3. The molecule has 0 saturated carbocycles. The number of rotatable bonds is 71. The van der Waals surface area contributed by atoms with Gasteiger partial charge in [-0.25, -0.2) is 9.13 Å². The lowest BCUT2D eigenvalue weighted by atomic mass is 10.00. The second-order valence-electron chi connectivity index (χ2n) is 27.5. The molecule has 0 aromatic carbocycles. The van der Waals surface area contributed by atoms with Gasteiger partial charge in [-0.1, -0.05) is 318 Å². The molecule has 0 rings (SSSR count). The molecule has 0 aliphatic rings. The fraction of sp³-hybridized carbons (Fsp3) is 0.945. The first-order valence-corrected chi connectivity index (χ1v) is 40.9. The van der Waals surface area contributed by atoms with E-state index in [1.54, 1.807) is 0 Å². The molecule has 0 heterocycles. The molecule has 0 amide bonds. The molecule has 0 spiro atoms. The fourth-order valence-electron chi connectivity index (χ4n) is 11.0. The van der Waals surface area contributed by atoms with Gasteiger partial charge in [0.05, 0.1) is 26.4 Å². The minimum atomic E-state index is -4.96. The molecule has 17 nitrogen and oxygen atoms in total. The average molecular weight is 1350 g/mol. The Morgan fingerprint density at radius 3 is 0.826 bits per heavy atom. The molecule has 546 valence electrons. The van der Waals surface area contributed by atoms with Gasteiger partial charge in [-0.2, -0.15) is 0 Å². The quantitative estimate of drug-likeness (QED) is 0.0222. The van der Waals surface area contributed by atoms with Crippen LogP contribution in [0.15, 0.2) is 0 Å². The molecule has 3 unspecified atom stereocenters. The van der Waals surface area contributed by atoms with Crippen LogP contribution in [0.1, 0.15) is 370 Å². The monoisotopic (exact) mass is 1350 g/mol. The second kappa shape index (κ2) is 63.8. The maximum atomic E-state index is 13.1. The Hall–Kier alpha value is -1.94. The molecule has 0 saturated heterocycles. The Bertz CT molecular complexity index is 1800. The van der Waals surface area contributed by atoms with Crippen molar-refractivity contribution in [1.82, 2.24) is 0 Å². The summed E-state index contributed by atoms with van der Waals surface area (Å²) in [7, 11) is -9.91. The zero-order valence-corrected chi connectivity index (χ0v) is 61.8. The van der Waals surface area contributed by atoms with Crippen LogP contribution in [0.25, 0.3) is 0 Å². The predicted octanol–water partition coefficient (Wildman–Crippen LogP) is 21.0. The number of phosphoric ester groups is 2. The van der Waals surface area contributed by atoms with E-state index >= 15 is 0 Å². The van der Waals surface area contributed by atoms with Crippen LogP contribution in [0.5, 0.6) is 0 Å². The molecular weight excluding hydrogens is 1210 g/mol. The fourth-order valence-corrected chi connectivity index (χ4v) is 12.6. The molecule has 0 bridgehead atoms. The topological polar surface area (TPSA) is 237 Å². The van der Waals surface area contributed by atoms with Crippen molar-refractivity contribution < 1.29 is 80.2 Å². The zero-order valence-electron chi connectivity index (χ0n) is 60.0. The number of carbonyl (C=O) groups is 4. The molecule has 6 atom stereocenters. The van der Waals surface area contributed by atoms with Gasteiger partial charge in [-0.3, -0.25) is 37.3 Å². The van der Waals surface area contributed by atoms with Gasteiger partial charge in [-0.15, -0.1) is 0 Å². The molecule has 0 aliphatic carbocycles. The van der Waals surface area contributed by atoms with Crippen molar-refractivity contribution in [2.45, 2.75) is 388 Å². The Balaban J connectivity index is 5.26. The molecule has 3 N–H and O–H groups in total. The molecular formula is C73H142O17P2. The summed E-state index contributed by atoms with van der Waals surface area (Å²) in [6.07, 6.45) is 48.6. The lowest BCUT2D eigenvalue weighted by Gasteiger charge is -2.21. The van der Waals surface area contributed by atoms with Crippen molar-refractivity contribution in [2.75, 3.05) is 39.6 Å². The van der Waals surface area contributed by atoms with Crippen molar-refractivity contribution in [3.63, 3.8) is 0 Å². The van der Waals surface area contributed by atoms with Gasteiger partial charge in [-0.05, 0) is 43.4 Å². The highest BCUT2D eigenvalue weighted by molar-refractivity contribution is 7.47. The van der Waals surface area contributed by atoms with E-state index in [1.807, 2.05) is 0 Å². The van der Waals surface area contributed by atoms with Gasteiger partial charge in [0.15, 0.2) is 12.2 Å². The largest absolute Gasteiger partial charge is 0.472 e. The Morgan fingerprint density at radius 1 is 0.315 bits per heavy atom. The van der Waals surface area contributed by atoms with Gasteiger partial charge in [0.1, 0.15) is 19.3 Å². The zero-order chi connectivity index (χ0) is 68.0. The highest BCUT2D eigenvalue weighted by Crippen LogP contribution is 2.45. The van der Waals surface area contributed by atoms with Crippen LogP contribution in [0, 0.1) is 17.8 Å². The summed E-state index contributed by atoms with van der Waals surface area (Å²) in [4.78, 5) is 72.7. The standard InChI is InChI=1S/C73H142O17P2/c1-8-10-11-12-13-14-15-16-17-18-19-22-28-33-42-49-56-72(77)89-68(60-83-70(75)54-47-40-32-27-23-20-21-25-30-37-44-51-64(3)4)62-87-91(79,80)85-58-67(74)59-86-92(81,82)88-63-69(61-84-71(76)55-48-41-36-35-39-46-53-66(7)9-2)90-73(78)57-50-43-34-29-24-26-31-38-45-52-65(5)6/h64-69,74H,8-63H2,1-7H3,(H,79,80)(H,81,82)/t66?,67-,68-,69-/m1/s1. The third kappa shape index (κ3) is 65.4. The summed E-state index contributed by atoms with van der Waals surface area (Å²) >= 11 is 0. The third-order valence-corrected chi connectivity index (χ3v) is 19.1. The van der Waals surface area contributed by atoms with E-state index in [0.717, 1.165) is 114 Å². The number of aliphatic hydroxyl groups excluding tert-OH is 1. The summed E-state index contributed by atoms with van der Waals surface area (Å²) in [5.74, 6) is 0.116. The van der Waals surface area contributed by atoms with E-state index in [0.29, 0.717) is 25.7 Å². The van der Waals surface area contributed by atoms with Crippen molar-refractivity contribution in [3.8, 4) is 0 Å². The number of carbonyl (C=O) groups excluding carboxylic acids is 4. The SMILES string of the molecule is CCCCCCCCCCCCCCCCCCC(=O)O[C@H](COC(=O)CCCCCCCCCCCCCC(C)C)COP(=O)(O)OC[C@@H](O)COP(=O)(O)OC[C@@H](COC(=O)CCCCCCCCC(C)CC)OC(=O)CCCCCCCCCCCC(C)C. The smallest absolute Gasteiger partial charge is 0.462 e. The maximum absolute atomic E-state index is 13.1. The first kappa shape index (κ1) is 90.1.